The number of likely N-dealkylation sites (N-methyl/N-ethyl adjacent to an activating group) is 1. The monoisotopic (exact) mass is 344 g/mol. The van der Waals surface area contributed by atoms with Crippen molar-refractivity contribution in [2.24, 2.45) is 7.05 Å². The minimum absolute atomic E-state index is 0.0344. The number of hydrogen-bond acceptors (Lipinski definition) is 6. The smallest absolute Gasteiger partial charge is 0.248 e. The minimum atomic E-state index is -0.0344. The highest BCUT2D eigenvalue weighted by molar-refractivity contribution is 5.76. The quantitative estimate of drug-likeness (QED) is 0.756. The Bertz CT molecular complexity index is 715. The standard InChI is InChI=1S/C17H24N6O2/c1-21(2)16(24)12-25-11-14-9-23(8-13-4-6-18-7-5-13)10-15-17(14)22(3)20-19-15/h4-7,14H,8-12H2,1-3H3/t14-/m1/s1. The van der Waals surface area contributed by atoms with Crippen LogP contribution in [0, 0.1) is 0 Å². The van der Waals surface area contributed by atoms with Crippen LogP contribution in [0.15, 0.2) is 24.5 Å². The number of aryl methyl sites for hydroxylation is 1. The van der Waals surface area contributed by atoms with E-state index in [9.17, 15) is 4.79 Å². The predicted molar refractivity (Wildman–Crippen MR) is 91.6 cm³/mol. The normalized spacial score (nSPS) is 17.3. The molecule has 0 unspecified atom stereocenters. The molecule has 0 aromatic carbocycles. The van der Waals surface area contributed by atoms with Crippen molar-refractivity contribution in [2.75, 3.05) is 33.9 Å². The van der Waals surface area contributed by atoms with Crippen molar-refractivity contribution in [3.8, 4) is 0 Å². The van der Waals surface area contributed by atoms with Gasteiger partial charge in [-0.25, -0.2) is 0 Å². The van der Waals surface area contributed by atoms with Crippen LogP contribution in [0.5, 0.6) is 0 Å². The first-order chi connectivity index (χ1) is 12.0. The van der Waals surface area contributed by atoms with Gasteiger partial charge in [-0.3, -0.25) is 19.4 Å². The zero-order valence-electron chi connectivity index (χ0n) is 14.9. The minimum Gasteiger partial charge on any atom is -0.371 e. The first-order valence-electron chi connectivity index (χ1n) is 8.32. The van der Waals surface area contributed by atoms with E-state index in [4.69, 9.17) is 4.74 Å². The van der Waals surface area contributed by atoms with Gasteiger partial charge in [0.15, 0.2) is 0 Å². The summed E-state index contributed by atoms with van der Waals surface area (Å²) in [6, 6.07) is 4.04. The predicted octanol–water partition coefficient (Wildman–Crippen LogP) is 0.414. The number of nitrogens with zero attached hydrogens (tertiary/aromatic N) is 6. The van der Waals surface area contributed by atoms with Crippen LogP contribution in [0.4, 0.5) is 0 Å². The summed E-state index contributed by atoms with van der Waals surface area (Å²) in [7, 11) is 5.36. The summed E-state index contributed by atoms with van der Waals surface area (Å²) in [6.45, 7) is 2.99. The molecule has 0 spiro atoms. The highest BCUT2D eigenvalue weighted by Gasteiger charge is 2.30. The van der Waals surface area contributed by atoms with Gasteiger partial charge in [0, 0.05) is 59.1 Å². The maximum absolute atomic E-state index is 11.7. The molecule has 134 valence electrons. The van der Waals surface area contributed by atoms with E-state index in [1.165, 1.54) is 10.5 Å². The molecule has 1 amide bonds. The van der Waals surface area contributed by atoms with E-state index < -0.39 is 0 Å². The second-order valence-electron chi connectivity index (χ2n) is 6.57. The second kappa shape index (κ2) is 7.71. The summed E-state index contributed by atoms with van der Waals surface area (Å²) in [5.41, 5.74) is 3.29. The Balaban J connectivity index is 1.67. The molecule has 0 radical (unpaired) electrons. The van der Waals surface area contributed by atoms with E-state index in [1.807, 2.05) is 23.9 Å². The van der Waals surface area contributed by atoms with Crippen molar-refractivity contribution in [3.05, 3.63) is 41.5 Å². The molecule has 8 nitrogen and oxygen atoms in total. The average Bonchev–Trinajstić information content (AvgIpc) is 2.96. The van der Waals surface area contributed by atoms with Crippen molar-refractivity contribution in [1.82, 2.24) is 29.8 Å². The second-order valence-corrected chi connectivity index (χ2v) is 6.57. The van der Waals surface area contributed by atoms with Crippen molar-refractivity contribution in [3.63, 3.8) is 0 Å². The van der Waals surface area contributed by atoms with Gasteiger partial charge in [0.2, 0.25) is 5.91 Å². The summed E-state index contributed by atoms with van der Waals surface area (Å²) in [6.07, 6.45) is 3.61. The lowest BCUT2D eigenvalue weighted by molar-refractivity contribution is -0.133. The maximum Gasteiger partial charge on any atom is 0.248 e. The van der Waals surface area contributed by atoms with Gasteiger partial charge in [0.05, 0.1) is 12.3 Å². The zero-order chi connectivity index (χ0) is 17.8. The van der Waals surface area contributed by atoms with Crippen molar-refractivity contribution in [1.29, 1.82) is 0 Å². The number of fused-ring (bicyclic) bond motifs is 1. The fourth-order valence-electron chi connectivity index (χ4n) is 3.11. The Morgan fingerprint density at radius 1 is 1.36 bits per heavy atom. The number of aromatic nitrogens is 4. The van der Waals surface area contributed by atoms with E-state index in [0.717, 1.165) is 31.0 Å². The molecule has 0 saturated carbocycles. The molecule has 0 bridgehead atoms. The molecule has 1 atom stereocenters. The lowest BCUT2D eigenvalue weighted by atomic mass is 9.98. The molecule has 2 aromatic rings. The van der Waals surface area contributed by atoms with Gasteiger partial charge >= 0.3 is 0 Å². The molecular formula is C17H24N6O2. The molecule has 0 aliphatic carbocycles. The van der Waals surface area contributed by atoms with E-state index in [1.54, 1.807) is 26.5 Å². The number of rotatable bonds is 6. The highest BCUT2D eigenvalue weighted by atomic mass is 16.5. The van der Waals surface area contributed by atoms with Crippen LogP contribution >= 0.6 is 0 Å². The number of amides is 1. The molecule has 8 heteroatoms. The van der Waals surface area contributed by atoms with Gasteiger partial charge in [0.1, 0.15) is 12.3 Å². The first kappa shape index (κ1) is 17.5. The van der Waals surface area contributed by atoms with Gasteiger partial charge < -0.3 is 9.64 Å². The van der Waals surface area contributed by atoms with Crippen LogP contribution in [0.25, 0.3) is 0 Å². The summed E-state index contributed by atoms with van der Waals surface area (Å²) >= 11 is 0. The van der Waals surface area contributed by atoms with Gasteiger partial charge in [-0.15, -0.1) is 5.10 Å². The Kier molecular flexibility index (Phi) is 5.40. The average molecular weight is 344 g/mol. The fraction of sp³-hybridized carbons (Fsp3) is 0.529. The Morgan fingerprint density at radius 2 is 2.12 bits per heavy atom. The van der Waals surface area contributed by atoms with Crippen molar-refractivity contribution in [2.45, 2.75) is 19.0 Å². The third kappa shape index (κ3) is 4.21. The van der Waals surface area contributed by atoms with Gasteiger partial charge in [-0.1, -0.05) is 5.21 Å². The molecule has 0 N–H and O–H groups in total. The highest BCUT2D eigenvalue weighted by Crippen LogP contribution is 2.27. The fourth-order valence-corrected chi connectivity index (χ4v) is 3.11. The Labute approximate surface area is 147 Å². The summed E-state index contributed by atoms with van der Waals surface area (Å²) < 4.78 is 7.50. The summed E-state index contributed by atoms with van der Waals surface area (Å²) in [5.74, 6) is 0.105. The van der Waals surface area contributed by atoms with Crippen LogP contribution in [-0.2, 0) is 29.7 Å². The topological polar surface area (TPSA) is 76.4 Å². The van der Waals surface area contributed by atoms with Crippen LogP contribution in [-0.4, -0.2) is 69.5 Å². The third-order valence-corrected chi connectivity index (χ3v) is 4.38. The largest absolute Gasteiger partial charge is 0.371 e. The molecule has 1 aliphatic rings. The van der Waals surface area contributed by atoms with Crippen LogP contribution in [0.3, 0.4) is 0 Å². The number of carbonyl (C=O) groups is 1. The van der Waals surface area contributed by atoms with E-state index in [-0.39, 0.29) is 18.4 Å². The molecule has 0 saturated heterocycles. The summed E-state index contributed by atoms with van der Waals surface area (Å²) in [5, 5.41) is 8.46. The van der Waals surface area contributed by atoms with Crippen LogP contribution in [0.2, 0.25) is 0 Å². The molecule has 1 aliphatic heterocycles. The number of ether oxygens (including phenoxy) is 1. The molecule has 2 aromatic heterocycles. The van der Waals surface area contributed by atoms with E-state index >= 15 is 0 Å². The lowest BCUT2D eigenvalue weighted by Crippen LogP contribution is -2.36. The molecular weight excluding hydrogens is 320 g/mol. The Morgan fingerprint density at radius 3 is 2.84 bits per heavy atom. The Hall–Kier alpha value is -2.32. The van der Waals surface area contributed by atoms with E-state index in [2.05, 4.69) is 20.2 Å². The SMILES string of the molecule is CN(C)C(=O)COC[C@H]1CN(Cc2ccncc2)Cc2nnn(C)c21. The molecule has 0 fully saturated rings. The van der Waals surface area contributed by atoms with Crippen LogP contribution in [0.1, 0.15) is 22.9 Å². The molecule has 25 heavy (non-hydrogen) atoms. The van der Waals surface area contributed by atoms with Gasteiger partial charge in [-0.05, 0) is 17.7 Å². The van der Waals surface area contributed by atoms with Crippen LogP contribution < -0.4 is 0 Å². The first-order valence-corrected chi connectivity index (χ1v) is 8.32. The maximum atomic E-state index is 11.7. The van der Waals surface area contributed by atoms with Crippen molar-refractivity contribution < 1.29 is 9.53 Å². The third-order valence-electron chi connectivity index (χ3n) is 4.38. The molecule has 3 rings (SSSR count). The van der Waals surface area contributed by atoms with Crippen molar-refractivity contribution >= 4 is 5.91 Å². The molecule has 3 heterocycles. The summed E-state index contributed by atoms with van der Waals surface area (Å²) in [4.78, 5) is 19.6. The zero-order valence-corrected chi connectivity index (χ0v) is 14.9. The van der Waals surface area contributed by atoms with Gasteiger partial charge in [0.25, 0.3) is 0 Å². The number of pyridine rings is 1. The number of hydrogen-bond donors (Lipinski definition) is 0. The lowest BCUT2D eigenvalue weighted by Gasteiger charge is -2.32. The van der Waals surface area contributed by atoms with E-state index in [0.29, 0.717) is 6.61 Å². The number of carbonyl (C=O) groups excluding carboxylic acids is 1. The van der Waals surface area contributed by atoms with Gasteiger partial charge in [-0.2, -0.15) is 0 Å².